The molecule has 4 heteroatoms. The normalized spacial score (nSPS) is 9.88. The summed E-state index contributed by atoms with van der Waals surface area (Å²) in [4.78, 5) is 0. The van der Waals surface area contributed by atoms with Crippen molar-refractivity contribution in [2.45, 2.75) is 0 Å². The standard InChI is InChI=1S/C12H10Si.2ClH.Zr/c1-3-7-11(8-4-1)13-12-9-5-2-6-10-12;;;/h1-10H;2*1H;/q;;;+2/p-2. The Hall–Kier alpha value is 0.120. The van der Waals surface area contributed by atoms with E-state index in [1.54, 1.807) is 0 Å². The Balaban J connectivity index is 2.54. The van der Waals surface area contributed by atoms with E-state index < -0.39 is 23.4 Å². The second-order valence-corrected chi connectivity index (χ2v) is 22.6. The molecule has 2 rings (SSSR count). The Kier molecular flexibility index (Phi) is 4.84. The van der Waals surface area contributed by atoms with Crippen molar-refractivity contribution >= 4 is 32.8 Å². The summed E-state index contributed by atoms with van der Waals surface area (Å²) in [6, 6.07) is 20.9. The zero-order valence-electron chi connectivity index (χ0n) is 8.53. The molecule has 2 aromatic rings. The fraction of sp³-hybridized carbons (Fsp3) is 0. The van der Waals surface area contributed by atoms with Crippen molar-refractivity contribution in [1.29, 1.82) is 0 Å². The van der Waals surface area contributed by atoms with Crippen LogP contribution in [0.25, 0.3) is 0 Å². The molecule has 0 bridgehead atoms. The van der Waals surface area contributed by atoms with E-state index in [2.05, 4.69) is 48.5 Å². The summed E-state index contributed by atoms with van der Waals surface area (Å²) in [7, 11) is 12.6. The quantitative estimate of drug-likeness (QED) is 0.735. The van der Waals surface area contributed by atoms with E-state index in [1.807, 2.05) is 12.1 Å². The van der Waals surface area contributed by atoms with Gasteiger partial charge in [0, 0.05) is 0 Å². The van der Waals surface area contributed by atoms with Crippen molar-refractivity contribution in [1.82, 2.24) is 0 Å². The minimum atomic E-state index is -2.26. The molecular formula is C12H10Cl2SiZr. The van der Waals surface area contributed by atoms with Gasteiger partial charge in [0.15, 0.2) is 0 Å². The Morgan fingerprint density at radius 3 is 1.38 bits per heavy atom. The molecule has 0 radical (unpaired) electrons. The van der Waals surface area contributed by atoms with E-state index in [-0.39, 0.29) is 0 Å². The second-order valence-electron chi connectivity index (χ2n) is 3.37. The summed E-state index contributed by atoms with van der Waals surface area (Å²) < 4.78 is 0. The topological polar surface area (TPSA) is 0 Å². The molecule has 0 N–H and O–H groups in total. The second kappa shape index (κ2) is 6.16. The number of rotatable bonds is 2. The fourth-order valence-electron chi connectivity index (χ4n) is 1.59. The van der Waals surface area contributed by atoms with Crippen LogP contribution in [-0.2, 0) is 18.0 Å². The van der Waals surface area contributed by atoms with Gasteiger partial charge >= 0.3 is 111 Å². The molecule has 80 valence electrons. The molecule has 0 aliphatic carbocycles. The molecule has 0 aliphatic rings. The summed E-state index contributed by atoms with van der Waals surface area (Å²) in [5.41, 5.74) is -0.889. The molecule has 0 aromatic heterocycles. The molecule has 0 unspecified atom stereocenters. The van der Waals surface area contributed by atoms with E-state index in [1.165, 1.54) is 10.4 Å². The molecule has 0 spiro atoms. The summed E-state index contributed by atoms with van der Waals surface area (Å²) in [5, 5.41) is 2.66. The Labute approximate surface area is 111 Å². The van der Waals surface area contributed by atoms with Crippen molar-refractivity contribution < 1.29 is 18.0 Å². The molecule has 0 heterocycles. The van der Waals surface area contributed by atoms with Gasteiger partial charge in [0.05, 0.1) is 0 Å². The molecule has 0 saturated carbocycles. The average Bonchev–Trinajstić information content (AvgIpc) is 2.31. The van der Waals surface area contributed by atoms with Gasteiger partial charge in [-0.1, -0.05) is 0 Å². The summed E-state index contributed by atoms with van der Waals surface area (Å²) in [6.07, 6.45) is 0. The maximum absolute atomic E-state index is 6.32. The van der Waals surface area contributed by atoms with Gasteiger partial charge in [-0.15, -0.1) is 0 Å². The molecule has 0 nitrogen and oxygen atoms in total. The van der Waals surface area contributed by atoms with Gasteiger partial charge in [0.2, 0.25) is 0 Å². The van der Waals surface area contributed by atoms with Gasteiger partial charge in [-0.2, -0.15) is 0 Å². The summed E-state index contributed by atoms with van der Waals surface area (Å²) in [6.45, 7) is 0. The van der Waals surface area contributed by atoms with Crippen LogP contribution < -0.4 is 10.4 Å². The summed E-state index contributed by atoms with van der Waals surface area (Å²) >= 11 is -2.26. The van der Waals surface area contributed by atoms with Gasteiger partial charge in [-0.25, -0.2) is 0 Å². The third kappa shape index (κ3) is 3.07. The first-order chi connectivity index (χ1) is 7.79. The van der Waals surface area contributed by atoms with E-state index in [0.29, 0.717) is 0 Å². The van der Waals surface area contributed by atoms with Crippen LogP contribution in [0.2, 0.25) is 0 Å². The zero-order valence-corrected chi connectivity index (χ0v) is 13.5. The zero-order chi connectivity index (χ0) is 11.4. The first-order valence-corrected chi connectivity index (χ1v) is 16.5. The van der Waals surface area contributed by atoms with Crippen LogP contribution in [0.5, 0.6) is 0 Å². The predicted octanol–water partition coefficient (Wildman–Crippen LogP) is 2.72. The van der Waals surface area contributed by atoms with Gasteiger partial charge in [0.25, 0.3) is 0 Å². The van der Waals surface area contributed by atoms with E-state index in [9.17, 15) is 0 Å². The molecule has 0 atom stereocenters. The van der Waals surface area contributed by atoms with Gasteiger partial charge in [0.1, 0.15) is 0 Å². The first-order valence-electron chi connectivity index (χ1n) is 4.95. The van der Waals surface area contributed by atoms with Crippen molar-refractivity contribution in [3.8, 4) is 0 Å². The first kappa shape index (κ1) is 12.6. The minimum absolute atomic E-state index is 0.889. The third-order valence-corrected chi connectivity index (χ3v) is 18.3. The van der Waals surface area contributed by atoms with Crippen molar-refractivity contribution in [2.75, 3.05) is 0 Å². The van der Waals surface area contributed by atoms with Crippen LogP contribution in [0.15, 0.2) is 60.7 Å². The van der Waals surface area contributed by atoms with Crippen LogP contribution in [0, 0.1) is 0 Å². The van der Waals surface area contributed by atoms with Crippen molar-refractivity contribution in [2.24, 2.45) is 0 Å². The molecule has 2 aromatic carbocycles. The van der Waals surface area contributed by atoms with Crippen LogP contribution in [0.4, 0.5) is 0 Å². The van der Waals surface area contributed by atoms with Gasteiger partial charge in [-0.05, 0) is 0 Å². The molecule has 0 fully saturated rings. The molecule has 0 saturated heterocycles. The fourth-order valence-corrected chi connectivity index (χ4v) is 16.8. The van der Waals surface area contributed by atoms with Gasteiger partial charge < -0.3 is 0 Å². The van der Waals surface area contributed by atoms with E-state index in [4.69, 9.17) is 17.0 Å². The number of benzene rings is 2. The Morgan fingerprint density at radius 2 is 1.06 bits per heavy atom. The number of hydrogen-bond donors (Lipinski definition) is 0. The SMILES string of the molecule is [Cl][Zr]([Cl])=[Si](c1ccccc1)c1ccccc1. The molecule has 16 heavy (non-hydrogen) atoms. The van der Waals surface area contributed by atoms with E-state index >= 15 is 0 Å². The van der Waals surface area contributed by atoms with Crippen molar-refractivity contribution in [3.63, 3.8) is 0 Å². The number of hydrogen-bond acceptors (Lipinski definition) is 0. The number of halogens is 2. The molecule has 0 amide bonds. The van der Waals surface area contributed by atoms with Crippen LogP contribution >= 0.6 is 17.0 Å². The van der Waals surface area contributed by atoms with Crippen molar-refractivity contribution in [3.05, 3.63) is 60.7 Å². The Bertz CT molecular complexity index is 451. The van der Waals surface area contributed by atoms with Crippen LogP contribution in [-0.4, -0.2) is 5.43 Å². The third-order valence-electron chi connectivity index (χ3n) is 2.31. The van der Waals surface area contributed by atoms with E-state index in [0.717, 1.165) is 0 Å². The Morgan fingerprint density at radius 1 is 0.688 bits per heavy atom. The van der Waals surface area contributed by atoms with Gasteiger partial charge in [-0.3, -0.25) is 0 Å². The van der Waals surface area contributed by atoms with Crippen LogP contribution in [0.3, 0.4) is 0 Å². The predicted molar refractivity (Wildman–Crippen MR) is 69.6 cm³/mol. The summed E-state index contributed by atoms with van der Waals surface area (Å²) in [5.74, 6) is 0. The van der Waals surface area contributed by atoms with Crippen LogP contribution in [0.1, 0.15) is 0 Å². The molecular weight excluding hydrogens is 334 g/mol. The maximum atomic E-state index is 6.32. The molecule has 0 aliphatic heterocycles. The monoisotopic (exact) mass is 342 g/mol. The average molecular weight is 344 g/mol.